The molecule has 0 atom stereocenters. The number of nitrogens with zero attached hydrogens (tertiary/aromatic N) is 3. The topological polar surface area (TPSA) is 79.9 Å². The van der Waals surface area contributed by atoms with Crippen LogP contribution >= 0.6 is 11.6 Å². The molecule has 1 amide bonds. The minimum atomic E-state index is -0.395. The number of rotatable bonds is 8. The Balaban J connectivity index is 2.61. The van der Waals surface area contributed by atoms with Crippen molar-refractivity contribution in [2.24, 2.45) is 0 Å². The van der Waals surface area contributed by atoms with Crippen molar-refractivity contribution in [3.63, 3.8) is 0 Å². The van der Waals surface area contributed by atoms with Crippen LogP contribution in [-0.4, -0.2) is 41.8 Å². The van der Waals surface area contributed by atoms with Gasteiger partial charge in [0.2, 0.25) is 0 Å². The summed E-state index contributed by atoms with van der Waals surface area (Å²) in [5, 5.41) is 15.8. The lowest BCUT2D eigenvalue weighted by Gasteiger charge is -2.03. The first-order valence-electron chi connectivity index (χ1n) is 6.18. The van der Waals surface area contributed by atoms with Crippen molar-refractivity contribution in [1.29, 1.82) is 5.26 Å². The number of aromatic nitrogens is 2. The van der Waals surface area contributed by atoms with Crippen LogP contribution in [0, 0.1) is 11.3 Å². The molecule has 1 aromatic rings. The zero-order valence-corrected chi connectivity index (χ0v) is 12.1. The first kappa shape index (κ1) is 16.2. The van der Waals surface area contributed by atoms with Gasteiger partial charge in [0, 0.05) is 37.9 Å². The van der Waals surface area contributed by atoms with E-state index in [1.54, 1.807) is 24.2 Å². The summed E-state index contributed by atoms with van der Waals surface area (Å²) in [4.78, 5) is 11.8. The molecular formula is C13H17ClN4O2. The quantitative estimate of drug-likeness (QED) is 0.338. The van der Waals surface area contributed by atoms with Crippen LogP contribution < -0.4 is 5.32 Å². The number of halogens is 1. The maximum absolute atomic E-state index is 11.8. The van der Waals surface area contributed by atoms with E-state index >= 15 is 0 Å². The molecule has 1 aromatic heterocycles. The minimum absolute atomic E-state index is 0.0489. The van der Waals surface area contributed by atoms with Crippen LogP contribution in [0.25, 0.3) is 6.08 Å². The zero-order chi connectivity index (χ0) is 14.8. The van der Waals surface area contributed by atoms with Gasteiger partial charge in [0.15, 0.2) is 0 Å². The molecule has 1 N–H and O–H groups in total. The van der Waals surface area contributed by atoms with Crippen LogP contribution in [0.1, 0.15) is 12.0 Å². The molecule has 0 fully saturated rings. The number of hydrogen-bond donors (Lipinski definition) is 1. The van der Waals surface area contributed by atoms with E-state index in [0.717, 1.165) is 0 Å². The molecule has 0 saturated heterocycles. The first-order chi connectivity index (χ1) is 9.71. The van der Waals surface area contributed by atoms with Crippen LogP contribution in [0.2, 0.25) is 0 Å². The molecule has 20 heavy (non-hydrogen) atoms. The zero-order valence-electron chi connectivity index (χ0n) is 11.3. The van der Waals surface area contributed by atoms with Crippen LogP contribution in [0.15, 0.2) is 18.0 Å². The summed E-state index contributed by atoms with van der Waals surface area (Å²) in [7, 11) is 1.60. The van der Waals surface area contributed by atoms with Gasteiger partial charge in [-0.3, -0.25) is 9.48 Å². The summed E-state index contributed by atoms with van der Waals surface area (Å²) in [5.41, 5.74) is 0.742. The van der Waals surface area contributed by atoms with Crippen molar-refractivity contribution < 1.29 is 9.53 Å². The van der Waals surface area contributed by atoms with Crippen LogP contribution in [-0.2, 0) is 16.1 Å². The van der Waals surface area contributed by atoms with E-state index in [2.05, 4.69) is 10.4 Å². The van der Waals surface area contributed by atoms with Crippen molar-refractivity contribution in [2.75, 3.05) is 26.1 Å². The van der Waals surface area contributed by atoms with Gasteiger partial charge in [0.1, 0.15) is 11.6 Å². The van der Waals surface area contributed by atoms with Gasteiger partial charge in [0.05, 0.1) is 12.7 Å². The number of aryl methyl sites for hydroxylation is 1. The predicted octanol–water partition coefficient (Wildman–Crippen LogP) is 1.18. The fourth-order valence-electron chi connectivity index (χ4n) is 1.49. The largest absolute Gasteiger partial charge is 0.385 e. The number of amides is 1. The number of nitriles is 1. The summed E-state index contributed by atoms with van der Waals surface area (Å²) >= 11 is 5.61. The van der Waals surface area contributed by atoms with E-state index in [-0.39, 0.29) is 5.57 Å². The first-order valence-corrected chi connectivity index (χ1v) is 6.72. The molecule has 1 rings (SSSR count). The van der Waals surface area contributed by atoms with Crippen LogP contribution in [0.3, 0.4) is 0 Å². The Morgan fingerprint density at radius 3 is 3.15 bits per heavy atom. The van der Waals surface area contributed by atoms with Gasteiger partial charge in [-0.15, -0.1) is 11.6 Å². The lowest BCUT2D eigenvalue weighted by molar-refractivity contribution is -0.117. The standard InChI is InChI=1S/C13H17ClN4O2/c1-20-6-2-4-16-13(19)12(8-15)7-11-9-17-18(10-11)5-3-14/h7,9-10H,2-6H2,1H3,(H,16,19). The van der Waals surface area contributed by atoms with E-state index in [0.29, 0.717) is 37.6 Å². The highest BCUT2D eigenvalue weighted by Gasteiger charge is 2.08. The van der Waals surface area contributed by atoms with E-state index in [1.165, 1.54) is 6.08 Å². The number of carbonyl (C=O) groups is 1. The Morgan fingerprint density at radius 2 is 2.50 bits per heavy atom. The monoisotopic (exact) mass is 296 g/mol. The Bertz CT molecular complexity index is 505. The van der Waals surface area contributed by atoms with Gasteiger partial charge in [-0.2, -0.15) is 10.4 Å². The van der Waals surface area contributed by atoms with Gasteiger partial charge in [0.25, 0.3) is 5.91 Å². The molecule has 0 aliphatic heterocycles. The summed E-state index contributed by atoms with van der Waals surface area (Å²) in [5.74, 6) is 0.0596. The maximum Gasteiger partial charge on any atom is 0.261 e. The number of carbonyl (C=O) groups excluding carboxylic acids is 1. The Labute approximate surface area is 123 Å². The average molecular weight is 297 g/mol. The summed E-state index contributed by atoms with van der Waals surface area (Å²) in [6.45, 7) is 1.62. The smallest absolute Gasteiger partial charge is 0.261 e. The molecule has 0 bridgehead atoms. The fourth-order valence-corrected chi connectivity index (χ4v) is 1.67. The van der Waals surface area contributed by atoms with Gasteiger partial charge < -0.3 is 10.1 Å². The number of alkyl halides is 1. The van der Waals surface area contributed by atoms with Crippen molar-refractivity contribution in [3.05, 3.63) is 23.5 Å². The summed E-state index contributed by atoms with van der Waals surface area (Å²) < 4.78 is 6.54. The van der Waals surface area contributed by atoms with Crippen molar-refractivity contribution in [1.82, 2.24) is 15.1 Å². The SMILES string of the molecule is COCCCNC(=O)C(C#N)=Cc1cnn(CCCl)c1. The van der Waals surface area contributed by atoms with Crippen molar-refractivity contribution >= 4 is 23.6 Å². The van der Waals surface area contributed by atoms with E-state index in [4.69, 9.17) is 21.6 Å². The molecule has 0 spiro atoms. The molecule has 0 radical (unpaired) electrons. The highest BCUT2D eigenvalue weighted by atomic mass is 35.5. The minimum Gasteiger partial charge on any atom is -0.385 e. The maximum atomic E-state index is 11.8. The summed E-state index contributed by atoms with van der Waals surface area (Å²) in [6, 6.07) is 1.89. The second-order valence-electron chi connectivity index (χ2n) is 4.00. The number of hydrogen-bond acceptors (Lipinski definition) is 4. The Morgan fingerprint density at radius 1 is 1.70 bits per heavy atom. The van der Waals surface area contributed by atoms with Crippen molar-refractivity contribution in [2.45, 2.75) is 13.0 Å². The molecule has 6 nitrogen and oxygen atoms in total. The third-order valence-corrected chi connectivity index (χ3v) is 2.62. The molecular weight excluding hydrogens is 280 g/mol. The molecule has 0 saturated carbocycles. The average Bonchev–Trinajstić information content (AvgIpc) is 2.88. The highest BCUT2D eigenvalue weighted by Crippen LogP contribution is 2.06. The van der Waals surface area contributed by atoms with E-state index in [9.17, 15) is 4.79 Å². The van der Waals surface area contributed by atoms with Crippen LogP contribution in [0.5, 0.6) is 0 Å². The van der Waals surface area contributed by atoms with Gasteiger partial charge in [-0.25, -0.2) is 0 Å². The normalized spacial score (nSPS) is 11.2. The Hall–Kier alpha value is -1.84. The fraction of sp³-hybridized carbons (Fsp3) is 0.462. The molecule has 0 aromatic carbocycles. The van der Waals surface area contributed by atoms with Gasteiger partial charge in [-0.05, 0) is 12.5 Å². The van der Waals surface area contributed by atoms with Crippen molar-refractivity contribution in [3.8, 4) is 6.07 Å². The number of ether oxygens (including phenoxy) is 1. The molecule has 7 heteroatoms. The van der Waals surface area contributed by atoms with E-state index < -0.39 is 5.91 Å². The van der Waals surface area contributed by atoms with Gasteiger partial charge >= 0.3 is 0 Å². The second kappa shape index (κ2) is 9.13. The number of nitrogens with one attached hydrogen (secondary N) is 1. The lowest BCUT2D eigenvalue weighted by atomic mass is 10.2. The highest BCUT2D eigenvalue weighted by molar-refractivity contribution is 6.17. The third kappa shape index (κ3) is 5.43. The second-order valence-corrected chi connectivity index (χ2v) is 4.38. The summed E-state index contributed by atoms with van der Waals surface area (Å²) in [6.07, 6.45) is 5.53. The Kier molecular flexibility index (Phi) is 7.40. The van der Waals surface area contributed by atoms with Crippen LogP contribution in [0.4, 0.5) is 0 Å². The molecule has 1 heterocycles. The third-order valence-electron chi connectivity index (χ3n) is 2.45. The molecule has 0 aliphatic rings. The molecule has 108 valence electrons. The lowest BCUT2D eigenvalue weighted by Crippen LogP contribution is -2.26. The molecule has 0 aliphatic carbocycles. The van der Waals surface area contributed by atoms with E-state index in [1.807, 2.05) is 6.07 Å². The number of methoxy groups -OCH3 is 1. The molecule has 0 unspecified atom stereocenters. The van der Waals surface area contributed by atoms with Gasteiger partial charge in [-0.1, -0.05) is 0 Å². The predicted molar refractivity (Wildman–Crippen MR) is 76.0 cm³/mol.